The Labute approximate surface area is 172 Å². The zero-order valence-electron chi connectivity index (χ0n) is 17.5. The zero-order valence-corrected chi connectivity index (χ0v) is 17.5. The second-order valence-electron chi connectivity index (χ2n) is 7.76. The van der Waals surface area contributed by atoms with Crippen LogP contribution < -0.4 is 14.2 Å². The number of hydrogen-bond acceptors (Lipinski definition) is 6. The molecule has 0 saturated heterocycles. The summed E-state index contributed by atoms with van der Waals surface area (Å²) < 4.78 is 17.7. The van der Waals surface area contributed by atoms with Crippen LogP contribution in [0.15, 0.2) is 47.6 Å². The molecule has 0 bridgehead atoms. The minimum atomic E-state index is -0.431. The van der Waals surface area contributed by atoms with Gasteiger partial charge < -0.3 is 23.9 Å². The Hall–Kier alpha value is -2.73. The van der Waals surface area contributed by atoms with Crippen molar-refractivity contribution in [3.8, 4) is 17.2 Å². The molecule has 1 fully saturated rings. The molecule has 0 aromatic heterocycles. The summed E-state index contributed by atoms with van der Waals surface area (Å²) in [7, 11) is 7.37. The van der Waals surface area contributed by atoms with E-state index in [4.69, 9.17) is 19.0 Å². The molecule has 1 heterocycles. The van der Waals surface area contributed by atoms with Crippen molar-refractivity contribution in [2.45, 2.75) is 18.4 Å². The third-order valence-corrected chi connectivity index (χ3v) is 5.57. The van der Waals surface area contributed by atoms with E-state index in [-0.39, 0.29) is 5.92 Å². The van der Waals surface area contributed by atoms with Crippen LogP contribution in [0.4, 0.5) is 0 Å². The molecule has 2 unspecified atom stereocenters. The van der Waals surface area contributed by atoms with Crippen molar-refractivity contribution in [3.63, 3.8) is 0 Å². The molecule has 1 aliphatic heterocycles. The van der Waals surface area contributed by atoms with Crippen LogP contribution in [0.1, 0.15) is 24.0 Å². The number of oxime groups is 1. The SMILES string of the molecule is COc1ccc2c(c1OC)OC1(c3ccccc3)CC1C2=NOCCCN(C)C. The summed E-state index contributed by atoms with van der Waals surface area (Å²) >= 11 is 0. The van der Waals surface area contributed by atoms with Gasteiger partial charge in [-0.3, -0.25) is 0 Å². The molecule has 0 spiro atoms. The summed E-state index contributed by atoms with van der Waals surface area (Å²) in [6.07, 6.45) is 1.78. The Bertz CT molecular complexity index is 897. The van der Waals surface area contributed by atoms with Gasteiger partial charge in [-0.1, -0.05) is 35.5 Å². The number of benzene rings is 2. The fourth-order valence-corrected chi connectivity index (χ4v) is 4.02. The molecular weight excluding hydrogens is 368 g/mol. The molecule has 29 heavy (non-hydrogen) atoms. The molecule has 4 rings (SSSR count). The first kappa shape index (κ1) is 19.6. The zero-order chi connectivity index (χ0) is 20.4. The van der Waals surface area contributed by atoms with Gasteiger partial charge in [0.15, 0.2) is 11.5 Å². The van der Waals surface area contributed by atoms with Crippen LogP contribution in [0.3, 0.4) is 0 Å². The maximum atomic E-state index is 6.59. The highest BCUT2D eigenvalue weighted by atomic mass is 16.6. The predicted octanol–water partition coefficient (Wildman–Crippen LogP) is 3.68. The van der Waals surface area contributed by atoms with E-state index in [2.05, 4.69) is 36.3 Å². The van der Waals surface area contributed by atoms with E-state index in [1.165, 1.54) is 0 Å². The van der Waals surface area contributed by atoms with Gasteiger partial charge in [0.25, 0.3) is 0 Å². The van der Waals surface area contributed by atoms with Crippen LogP contribution in [-0.2, 0) is 10.4 Å². The fourth-order valence-electron chi connectivity index (χ4n) is 4.02. The standard InChI is InChI=1S/C23H28N2O4/c1-25(2)13-8-14-28-24-20-17-11-12-19(26-3)22(27-4)21(17)29-23(15-18(20)23)16-9-6-5-7-10-16/h5-7,9-12,18H,8,13-15H2,1-4H3. The van der Waals surface area contributed by atoms with Crippen LogP contribution >= 0.6 is 0 Å². The summed E-state index contributed by atoms with van der Waals surface area (Å²) in [4.78, 5) is 7.86. The van der Waals surface area contributed by atoms with E-state index in [0.29, 0.717) is 23.9 Å². The number of rotatable bonds is 8. The van der Waals surface area contributed by atoms with Crippen LogP contribution in [0.25, 0.3) is 0 Å². The first-order valence-corrected chi connectivity index (χ1v) is 9.95. The molecule has 0 amide bonds. The summed E-state index contributed by atoms with van der Waals surface area (Å²) in [5, 5.41) is 4.57. The molecule has 1 saturated carbocycles. The van der Waals surface area contributed by atoms with Gasteiger partial charge in [0.2, 0.25) is 5.75 Å². The lowest BCUT2D eigenvalue weighted by Gasteiger charge is -2.29. The fraction of sp³-hybridized carbons (Fsp3) is 0.435. The molecule has 1 aliphatic carbocycles. The Balaban J connectivity index is 1.70. The minimum absolute atomic E-state index is 0.157. The predicted molar refractivity (Wildman–Crippen MR) is 112 cm³/mol. The highest BCUT2D eigenvalue weighted by molar-refractivity contribution is 6.09. The lowest BCUT2D eigenvalue weighted by molar-refractivity contribution is 0.128. The van der Waals surface area contributed by atoms with E-state index in [1.807, 2.05) is 30.3 Å². The van der Waals surface area contributed by atoms with E-state index < -0.39 is 5.60 Å². The van der Waals surface area contributed by atoms with E-state index in [9.17, 15) is 0 Å². The highest BCUT2D eigenvalue weighted by Crippen LogP contribution is 2.62. The Kier molecular flexibility index (Phi) is 5.37. The lowest BCUT2D eigenvalue weighted by Crippen LogP contribution is -2.29. The summed E-state index contributed by atoms with van der Waals surface area (Å²) in [6, 6.07) is 14.2. The van der Waals surface area contributed by atoms with Gasteiger partial charge in [0.05, 0.1) is 25.8 Å². The van der Waals surface area contributed by atoms with Crippen molar-refractivity contribution >= 4 is 5.71 Å². The highest BCUT2D eigenvalue weighted by Gasteiger charge is 2.64. The van der Waals surface area contributed by atoms with Crippen molar-refractivity contribution in [1.29, 1.82) is 0 Å². The van der Waals surface area contributed by atoms with Gasteiger partial charge in [-0.2, -0.15) is 0 Å². The van der Waals surface area contributed by atoms with Crippen LogP contribution in [0, 0.1) is 5.92 Å². The van der Waals surface area contributed by atoms with Crippen molar-refractivity contribution < 1.29 is 19.0 Å². The average Bonchev–Trinajstić information content (AvgIpc) is 3.48. The molecule has 2 aromatic rings. The largest absolute Gasteiger partial charge is 0.493 e. The Morgan fingerprint density at radius 1 is 1.10 bits per heavy atom. The second kappa shape index (κ2) is 7.95. The summed E-state index contributed by atoms with van der Waals surface area (Å²) in [5.41, 5.74) is 2.53. The Morgan fingerprint density at radius 2 is 1.90 bits per heavy atom. The number of hydrogen-bond donors (Lipinski definition) is 0. The normalized spacial score (nSPS) is 23.2. The van der Waals surface area contributed by atoms with E-state index in [1.54, 1.807) is 14.2 Å². The topological polar surface area (TPSA) is 52.5 Å². The summed E-state index contributed by atoms with van der Waals surface area (Å²) in [5.74, 6) is 2.05. The molecule has 0 radical (unpaired) electrons. The van der Waals surface area contributed by atoms with Gasteiger partial charge in [-0.25, -0.2) is 0 Å². The van der Waals surface area contributed by atoms with Crippen LogP contribution in [-0.4, -0.2) is 52.1 Å². The van der Waals surface area contributed by atoms with Crippen LogP contribution in [0.2, 0.25) is 0 Å². The third kappa shape index (κ3) is 3.53. The Morgan fingerprint density at radius 3 is 2.59 bits per heavy atom. The third-order valence-electron chi connectivity index (χ3n) is 5.57. The first-order valence-electron chi connectivity index (χ1n) is 9.95. The number of fused-ring (bicyclic) bond motifs is 2. The van der Waals surface area contributed by atoms with Gasteiger partial charge in [-0.15, -0.1) is 0 Å². The van der Waals surface area contributed by atoms with Crippen LogP contribution in [0.5, 0.6) is 17.2 Å². The molecule has 2 atom stereocenters. The van der Waals surface area contributed by atoms with Gasteiger partial charge in [0.1, 0.15) is 12.2 Å². The molecule has 0 N–H and O–H groups in total. The van der Waals surface area contributed by atoms with E-state index in [0.717, 1.165) is 36.2 Å². The maximum absolute atomic E-state index is 6.59. The molecular formula is C23H28N2O4. The molecule has 2 aromatic carbocycles. The first-order chi connectivity index (χ1) is 14.1. The quantitative estimate of drug-likeness (QED) is 0.503. The average molecular weight is 396 g/mol. The summed E-state index contributed by atoms with van der Waals surface area (Å²) in [6.45, 7) is 1.54. The second-order valence-corrected chi connectivity index (χ2v) is 7.76. The smallest absolute Gasteiger partial charge is 0.204 e. The number of methoxy groups -OCH3 is 2. The monoisotopic (exact) mass is 396 g/mol. The van der Waals surface area contributed by atoms with Crippen molar-refractivity contribution in [3.05, 3.63) is 53.6 Å². The minimum Gasteiger partial charge on any atom is -0.493 e. The van der Waals surface area contributed by atoms with Crippen molar-refractivity contribution in [1.82, 2.24) is 4.90 Å². The molecule has 154 valence electrons. The molecule has 6 nitrogen and oxygen atoms in total. The van der Waals surface area contributed by atoms with E-state index >= 15 is 0 Å². The van der Waals surface area contributed by atoms with Crippen molar-refractivity contribution in [2.24, 2.45) is 11.1 Å². The number of ether oxygens (including phenoxy) is 3. The maximum Gasteiger partial charge on any atom is 0.204 e. The lowest BCUT2D eigenvalue weighted by atomic mass is 9.95. The van der Waals surface area contributed by atoms with Gasteiger partial charge in [-0.05, 0) is 38.2 Å². The van der Waals surface area contributed by atoms with Gasteiger partial charge >= 0.3 is 0 Å². The van der Waals surface area contributed by atoms with Crippen molar-refractivity contribution in [2.75, 3.05) is 41.5 Å². The van der Waals surface area contributed by atoms with Gasteiger partial charge in [0, 0.05) is 18.5 Å². The number of nitrogens with zero attached hydrogens (tertiary/aromatic N) is 2. The molecule has 2 aliphatic rings. The molecule has 6 heteroatoms.